The van der Waals surface area contributed by atoms with E-state index in [-0.39, 0.29) is 18.4 Å². The number of rotatable bonds is 3. The van der Waals surface area contributed by atoms with Crippen molar-refractivity contribution in [3.8, 4) is 0 Å². The number of H-pyrrole nitrogens is 1. The molecule has 2 N–H and O–H groups in total. The average Bonchev–Trinajstić information content (AvgIpc) is 2.96. The summed E-state index contributed by atoms with van der Waals surface area (Å²) in [7, 11) is 0. The molecule has 1 aliphatic heterocycles. The molecule has 8 heteroatoms. The molecular weight excluding hydrogens is 308 g/mol. The number of morpholine rings is 1. The number of nitrogens with one attached hydrogen (secondary N) is 2. The summed E-state index contributed by atoms with van der Waals surface area (Å²) >= 11 is 5.81. The first-order valence-corrected chi connectivity index (χ1v) is 7.29. The third kappa shape index (κ3) is 3.20. The normalized spacial score (nSPS) is 15.0. The van der Waals surface area contributed by atoms with Crippen LogP contribution >= 0.6 is 11.6 Å². The molecule has 2 amide bonds. The van der Waals surface area contributed by atoms with Crippen LogP contribution in [0.1, 0.15) is 10.5 Å². The van der Waals surface area contributed by atoms with Crippen molar-refractivity contribution in [2.75, 3.05) is 32.8 Å². The third-order valence-corrected chi connectivity index (χ3v) is 3.69. The highest BCUT2D eigenvalue weighted by molar-refractivity contribution is 6.30. The van der Waals surface area contributed by atoms with Gasteiger partial charge in [0.15, 0.2) is 0 Å². The standard InChI is InChI=1S/C14H15ClN4O3/c15-12-6-9-5-10(18-11(9)7-16-12)14(21)17-8-13(20)19-1-3-22-4-2-19/h5-7,18H,1-4,8H2,(H,17,21). The van der Waals surface area contributed by atoms with Gasteiger partial charge in [0.25, 0.3) is 5.91 Å². The van der Waals surface area contributed by atoms with Crippen molar-refractivity contribution in [3.63, 3.8) is 0 Å². The Morgan fingerprint density at radius 1 is 1.36 bits per heavy atom. The molecule has 7 nitrogen and oxygen atoms in total. The molecule has 0 unspecified atom stereocenters. The number of carbonyl (C=O) groups excluding carboxylic acids is 2. The number of carbonyl (C=O) groups is 2. The van der Waals surface area contributed by atoms with Crippen molar-refractivity contribution in [2.45, 2.75) is 0 Å². The predicted octanol–water partition coefficient (Wildman–Crippen LogP) is 0.805. The van der Waals surface area contributed by atoms with Gasteiger partial charge in [0, 0.05) is 18.5 Å². The summed E-state index contributed by atoms with van der Waals surface area (Å²) in [6.07, 6.45) is 1.56. The highest BCUT2D eigenvalue weighted by Crippen LogP contribution is 2.17. The van der Waals surface area contributed by atoms with E-state index in [0.717, 1.165) is 5.39 Å². The van der Waals surface area contributed by atoms with E-state index in [1.807, 2.05) is 0 Å². The number of nitrogens with zero attached hydrogens (tertiary/aromatic N) is 2. The fourth-order valence-corrected chi connectivity index (χ4v) is 2.47. The van der Waals surface area contributed by atoms with Crippen molar-refractivity contribution < 1.29 is 14.3 Å². The summed E-state index contributed by atoms with van der Waals surface area (Å²) in [5.74, 6) is -0.452. The smallest absolute Gasteiger partial charge is 0.268 e. The number of amides is 2. The highest BCUT2D eigenvalue weighted by atomic mass is 35.5. The number of halogens is 1. The monoisotopic (exact) mass is 322 g/mol. The Morgan fingerprint density at radius 3 is 2.91 bits per heavy atom. The second kappa shape index (κ2) is 6.33. The van der Waals surface area contributed by atoms with Gasteiger partial charge in [-0.1, -0.05) is 11.6 Å². The van der Waals surface area contributed by atoms with Crippen LogP contribution in [0, 0.1) is 0 Å². The molecule has 0 aromatic carbocycles. The lowest BCUT2D eigenvalue weighted by molar-refractivity contribution is -0.134. The van der Waals surface area contributed by atoms with E-state index in [0.29, 0.717) is 42.7 Å². The van der Waals surface area contributed by atoms with Crippen LogP contribution in [-0.2, 0) is 9.53 Å². The minimum absolute atomic E-state index is 0.0345. The lowest BCUT2D eigenvalue weighted by atomic mass is 10.3. The van der Waals surface area contributed by atoms with Crippen molar-refractivity contribution >= 4 is 34.3 Å². The molecule has 2 aromatic rings. The first-order chi connectivity index (χ1) is 10.6. The molecular formula is C14H15ClN4O3. The van der Waals surface area contributed by atoms with Crippen LogP contribution in [0.4, 0.5) is 0 Å². The van der Waals surface area contributed by atoms with Gasteiger partial charge >= 0.3 is 0 Å². The fraction of sp³-hybridized carbons (Fsp3) is 0.357. The van der Waals surface area contributed by atoms with Crippen molar-refractivity contribution in [2.24, 2.45) is 0 Å². The van der Waals surface area contributed by atoms with Crippen LogP contribution in [0.3, 0.4) is 0 Å². The van der Waals surface area contributed by atoms with Gasteiger partial charge < -0.3 is 19.9 Å². The minimum Gasteiger partial charge on any atom is -0.378 e. The number of aromatic nitrogens is 2. The van der Waals surface area contributed by atoms with Crippen LogP contribution in [0.15, 0.2) is 18.3 Å². The predicted molar refractivity (Wildman–Crippen MR) is 80.8 cm³/mol. The van der Waals surface area contributed by atoms with Crippen LogP contribution in [0.25, 0.3) is 10.9 Å². The van der Waals surface area contributed by atoms with Crippen LogP contribution in [0.5, 0.6) is 0 Å². The Kier molecular flexibility index (Phi) is 4.26. The molecule has 3 heterocycles. The molecule has 0 saturated carbocycles. The molecule has 0 atom stereocenters. The third-order valence-electron chi connectivity index (χ3n) is 3.48. The van der Waals surface area contributed by atoms with Crippen molar-refractivity contribution in [1.82, 2.24) is 20.2 Å². The number of fused-ring (bicyclic) bond motifs is 1. The van der Waals surface area contributed by atoms with Gasteiger partial charge in [-0.05, 0) is 12.1 Å². The Hall–Kier alpha value is -2.12. The summed E-state index contributed by atoms with van der Waals surface area (Å²) in [5.41, 5.74) is 1.09. The Balaban J connectivity index is 1.61. The lowest BCUT2D eigenvalue weighted by Gasteiger charge is -2.26. The van der Waals surface area contributed by atoms with Crippen LogP contribution < -0.4 is 5.32 Å². The molecule has 2 aromatic heterocycles. The fourth-order valence-electron chi connectivity index (χ4n) is 2.30. The summed E-state index contributed by atoms with van der Waals surface area (Å²) in [4.78, 5) is 32.6. The molecule has 3 rings (SSSR count). The van der Waals surface area contributed by atoms with Gasteiger partial charge in [-0.3, -0.25) is 9.59 Å². The average molecular weight is 323 g/mol. The van der Waals surface area contributed by atoms with Gasteiger partial charge in [-0.15, -0.1) is 0 Å². The van der Waals surface area contributed by atoms with Crippen molar-refractivity contribution in [1.29, 1.82) is 0 Å². The van der Waals surface area contributed by atoms with E-state index < -0.39 is 0 Å². The zero-order valence-corrected chi connectivity index (χ0v) is 12.5. The molecule has 0 radical (unpaired) electrons. The van der Waals surface area contributed by atoms with Gasteiger partial charge in [0.1, 0.15) is 10.8 Å². The Morgan fingerprint density at radius 2 is 2.14 bits per heavy atom. The maximum absolute atomic E-state index is 12.1. The van der Waals surface area contributed by atoms with E-state index in [1.165, 1.54) is 0 Å². The van der Waals surface area contributed by atoms with E-state index in [4.69, 9.17) is 16.3 Å². The minimum atomic E-state index is -0.339. The number of hydrogen-bond acceptors (Lipinski definition) is 4. The number of pyridine rings is 1. The molecule has 1 fully saturated rings. The number of ether oxygens (including phenoxy) is 1. The molecule has 0 aliphatic carbocycles. The molecule has 22 heavy (non-hydrogen) atoms. The zero-order chi connectivity index (χ0) is 15.5. The van der Waals surface area contributed by atoms with Gasteiger partial charge in [0.2, 0.25) is 5.91 Å². The number of hydrogen-bond donors (Lipinski definition) is 2. The largest absolute Gasteiger partial charge is 0.378 e. The zero-order valence-electron chi connectivity index (χ0n) is 11.8. The second-order valence-electron chi connectivity index (χ2n) is 4.95. The molecule has 0 bridgehead atoms. The SMILES string of the molecule is O=C(NCC(=O)N1CCOCC1)c1cc2cc(Cl)ncc2[nH]1. The maximum Gasteiger partial charge on any atom is 0.268 e. The second-order valence-corrected chi connectivity index (χ2v) is 5.34. The van der Waals surface area contributed by atoms with Gasteiger partial charge in [0.05, 0.1) is 31.5 Å². The molecule has 0 spiro atoms. The molecule has 116 valence electrons. The molecule has 1 aliphatic rings. The van der Waals surface area contributed by atoms with E-state index >= 15 is 0 Å². The van der Waals surface area contributed by atoms with Gasteiger partial charge in [-0.25, -0.2) is 4.98 Å². The van der Waals surface area contributed by atoms with Crippen molar-refractivity contribution in [3.05, 3.63) is 29.2 Å². The summed E-state index contributed by atoms with van der Waals surface area (Å²) in [6.45, 7) is 2.16. The number of aromatic amines is 1. The van der Waals surface area contributed by atoms with Gasteiger partial charge in [-0.2, -0.15) is 0 Å². The summed E-state index contributed by atoms with van der Waals surface area (Å²) in [5, 5.41) is 3.77. The van der Waals surface area contributed by atoms with Crippen LogP contribution in [-0.4, -0.2) is 59.5 Å². The quantitative estimate of drug-likeness (QED) is 0.818. The summed E-state index contributed by atoms with van der Waals surface area (Å²) in [6, 6.07) is 3.35. The van der Waals surface area contributed by atoms with Crippen LogP contribution in [0.2, 0.25) is 5.15 Å². The first kappa shape index (κ1) is 14.8. The maximum atomic E-state index is 12.1. The first-order valence-electron chi connectivity index (χ1n) is 6.91. The topological polar surface area (TPSA) is 87.3 Å². The Bertz CT molecular complexity index is 709. The molecule has 1 saturated heterocycles. The lowest BCUT2D eigenvalue weighted by Crippen LogP contribution is -2.45. The Labute approximate surface area is 131 Å². The highest BCUT2D eigenvalue weighted by Gasteiger charge is 2.18. The summed E-state index contributed by atoms with van der Waals surface area (Å²) < 4.78 is 5.19. The van der Waals surface area contributed by atoms with E-state index in [9.17, 15) is 9.59 Å². The van der Waals surface area contributed by atoms with E-state index in [2.05, 4.69) is 15.3 Å². The van der Waals surface area contributed by atoms with E-state index in [1.54, 1.807) is 23.2 Å².